The van der Waals surface area contributed by atoms with E-state index in [0.717, 1.165) is 12.0 Å². The smallest absolute Gasteiger partial charge is 0.228 e. The first-order chi connectivity index (χ1) is 13.6. The van der Waals surface area contributed by atoms with E-state index < -0.39 is 0 Å². The van der Waals surface area contributed by atoms with Crippen LogP contribution in [0.2, 0.25) is 0 Å². The van der Waals surface area contributed by atoms with Gasteiger partial charge >= 0.3 is 0 Å². The predicted molar refractivity (Wildman–Crippen MR) is 106 cm³/mol. The van der Waals surface area contributed by atoms with Crippen molar-refractivity contribution in [3.63, 3.8) is 0 Å². The normalized spacial score (nSPS) is 19.6. The van der Waals surface area contributed by atoms with Gasteiger partial charge in [0.1, 0.15) is 0 Å². The monoisotopic (exact) mass is 367 g/mol. The molecule has 2 aliphatic rings. The predicted octanol–water partition coefficient (Wildman–Crippen LogP) is 4.20. The van der Waals surface area contributed by atoms with Crippen LogP contribution in [0.25, 0.3) is 0 Å². The molecule has 136 valence electrons. The lowest BCUT2D eigenvalue weighted by molar-refractivity contribution is -0.117. The van der Waals surface area contributed by atoms with E-state index in [1.54, 1.807) is 42.5 Å². The second-order valence-electron chi connectivity index (χ2n) is 7.28. The molecule has 5 rings (SSSR count). The van der Waals surface area contributed by atoms with E-state index in [4.69, 9.17) is 0 Å². The number of hydrogen-bond donors (Lipinski definition) is 1. The van der Waals surface area contributed by atoms with E-state index in [1.165, 1.54) is 0 Å². The largest absolute Gasteiger partial charge is 0.325 e. The van der Waals surface area contributed by atoms with Crippen molar-refractivity contribution in [3.05, 3.63) is 101 Å². The van der Waals surface area contributed by atoms with Gasteiger partial charge in [0.15, 0.2) is 11.6 Å². The molecule has 3 aromatic rings. The lowest BCUT2D eigenvalue weighted by Crippen LogP contribution is -2.24. The van der Waals surface area contributed by atoms with Gasteiger partial charge in [-0.05, 0) is 24.0 Å². The summed E-state index contributed by atoms with van der Waals surface area (Å²) in [4.78, 5) is 38.6. The van der Waals surface area contributed by atoms with Crippen molar-refractivity contribution in [1.82, 2.24) is 0 Å². The van der Waals surface area contributed by atoms with Crippen LogP contribution in [-0.2, 0) is 4.79 Å². The summed E-state index contributed by atoms with van der Waals surface area (Å²) in [6.45, 7) is 0. The Morgan fingerprint density at radius 2 is 1.39 bits per heavy atom. The Labute approximate surface area is 162 Å². The molecule has 0 heterocycles. The van der Waals surface area contributed by atoms with Gasteiger partial charge in [0.2, 0.25) is 5.91 Å². The third kappa shape index (κ3) is 2.57. The zero-order valence-corrected chi connectivity index (χ0v) is 15.0. The second kappa shape index (κ2) is 6.27. The van der Waals surface area contributed by atoms with E-state index in [9.17, 15) is 14.4 Å². The molecule has 28 heavy (non-hydrogen) atoms. The molecular weight excluding hydrogens is 350 g/mol. The third-order valence-corrected chi connectivity index (χ3v) is 5.57. The summed E-state index contributed by atoms with van der Waals surface area (Å²) in [5.41, 5.74) is 2.99. The molecule has 3 aromatic carbocycles. The highest BCUT2D eigenvalue weighted by Crippen LogP contribution is 2.48. The fraction of sp³-hybridized carbons (Fsp3) is 0.125. The van der Waals surface area contributed by atoms with Crippen LogP contribution < -0.4 is 5.32 Å². The van der Waals surface area contributed by atoms with Gasteiger partial charge in [-0.3, -0.25) is 14.4 Å². The molecule has 1 amide bonds. The van der Waals surface area contributed by atoms with Crippen molar-refractivity contribution < 1.29 is 14.4 Å². The molecule has 4 nitrogen and oxygen atoms in total. The summed E-state index contributed by atoms with van der Waals surface area (Å²) < 4.78 is 0. The maximum absolute atomic E-state index is 13.0. The number of carbonyl (C=O) groups is 3. The third-order valence-electron chi connectivity index (χ3n) is 5.57. The molecule has 2 aliphatic carbocycles. The van der Waals surface area contributed by atoms with Gasteiger partial charge in [-0.15, -0.1) is 0 Å². The van der Waals surface area contributed by atoms with Gasteiger partial charge in [-0.2, -0.15) is 0 Å². The van der Waals surface area contributed by atoms with Crippen LogP contribution in [0, 0.1) is 5.92 Å². The maximum Gasteiger partial charge on any atom is 0.228 e. The number of hydrogen-bond acceptors (Lipinski definition) is 3. The maximum atomic E-state index is 13.0. The summed E-state index contributed by atoms with van der Waals surface area (Å²) in [7, 11) is 0. The van der Waals surface area contributed by atoms with Gasteiger partial charge in [0, 0.05) is 22.6 Å². The van der Waals surface area contributed by atoms with Crippen molar-refractivity contribution in [2.45, 2.75) is 12.3 Å². The van der Waals surface area contributed by atoms with Gasteiger partial charge in [-0.1, -0.05) is 66.7 Å². The number of ketones is 2. The highest BCUT2D eigenvalue weighted by atomic mass is 16.2. The molecule has 0 saturated heterocycles. The Morgan fingerprint density at radius 3 is 2.14 bits per heavy atom. The number of carbonyl (C=O) groups excluding carboxylic acids is 3. The van der Waals surface area contributed by atoms with Crippen LogP contribution in [0.4, 0.5) is 5.69 Å². The lowest BCUT2D eigenvalue weighted by Gasteiger charge is -2.20. The summed E-state index contributed by atoms with van der Waals surface area (Å²) >= 11 is 0. The van der Waals surface area contributed by atoms with Crippen LogP contribution >= 0.6 is 0 Å². The number of fused-ring (bicyclic) bond motifs is 2. The minimum absolute atomic E-state index is 0.110. The molecule has 1 fully saturated rings. The number of rotatable bonds is 3. The van der Waals surface area contributed by atoms with Crippen molar-refractivity contribution >= 4 is 23.2 Å². The van der Waals surface area contributed by atoms with E-state index in [1.807, 2.05) is 30.3 Å². The molecule has 0 aliphatic heterocycles. The number of benzene rings is 3. The quantitative estimate of drug-likeness (QED) is 0.590. The van der Waals surface area contributed by atoms with Gasteiger partial charge in [0.25, 0.3) is 0 Å². The van der Waals surface area contributed by atoms with Crippen molar-refractivity contribution in [2.75, 3.05) is 5.32 Å². The average Bonchev–Trinajstić information content (AvgIpc) is 3.54. The molecule has 0 radical (unpaired) electrons. The Bertz CT molecular complexity index is 1130. The van der Waals surface area contributed by atoms with Gasteiger partial charge < -0.3 is 5.32 Å². The zero-order chi connectivity index (χ0) is 19.3. The fourth-order valence-electron chi connectivity index (χ4n) is 4.03. The minimum atomic E-state index is -0.225. The summed E-state index contributed by atoms with van der Waals surface area (Å²) in [6, 6.07) is 21.8. The van der Waals surface area contributed by atoms with Gasteiger partial charge in [-0.25, -0.2) is 0 Å². The van der Waals surface area contributed by atoms with Crippen molar-refractivity contribution in [2.24, 2.45) is 5.92 Å². The molecule has 4 heteroatoms. The molecule has 2 atom stereocenters. The van der Waals surface area contributed by atoms with Gasteiger partial charge in [0.05, 0.1) is 11.3 Å². The first-order valence-electron chi connectivity index (χ1n) is 9.32. The Morgan fingerprint density at radius 1 is 0.750 bits per heavy atom. The van der Waals surface area contributed by atoms with Crippen LogP contribution in [-0.4, -0.2) is 17.5 Å². The summed E-state index contributed by atoms with van der Waals surface area (Å²) in [5, 5.41) is 2.90. The fourth-order valence-corrected chi connectivity index (χ4v) is 4.03. The summed E-state index contributed by atoms with van der Waals surface area (Å²) in [6.07, 6.45) is 0.792. The van der Waals surface area contributed by atoms with E-state index in [-0.39, 0.29) is 34.9 Å². The Hall–Kier alpha value is -3.53. The average molecular weight is 367 g/mol. The van der Waals surface area contributed by atoms with Crippen LogP contribution in [0.15, 0.2) is 72.8 Å². The van der Waals surface area contributed by atoms with E-state index in [2.05, 4.69) is 5.32 Å². The van der Waals surface area contributed by atoms with E-state index >= 15 is 0 Å². The summed E-state index contributed by atoms with van der Waals surface area (Å²) in [5.74, 6) is -0.425. The second-order valence-corrected chi connectivity index (χ2v) is 7.28. The molecule has 0 unspecified atom stereocenters. The molecule has 0 aromatic heterocycles. The molecule has 1 N–H and O–H groups in total. The topological polar surface area (TPSA) is 63.2 Å². The highest BCUT2D eigenvalue weighted by molar-refractivity contribution is 6.30. The molecule has 0 bridgehead atoms. The molecule has 1 saturated carbocycles. The Balaban J connectivity index is 1.44. The standard InChI is InChI=1S/C24H17NO3/c26-22-15-9-4-5-10-16(15)23(27)21-17(22)11-6-12-20(21)25-24(28)19-13-18(19)14-7-2-1-3-8-14/h1-12,18-19H,13H2,(H,25,28)/t18-,19+/m0/s1. The highest BCUT2D eigenvalue weighted by Gasteiger charge is 2.44. The van der Waals surface area contributed by atoms with Crippen LogP contribution in [0.1, 0.15) is 49.7 Å². The number of anilines is 1. The Kier molecular flexibility index (Phi) is 3.72. The lowest BCUT2D eigenvalue weighted by atomic mass is 9.83. The van der Waals surface area contributed by atoms with Crippen LogP contribution in [0.3, 0.4) is 0 Å². The first-order valence-corrected chi connectivity index (χ1v) is 9.32. The van der Waals surface area contributed by atoms with E-state index in [0.29, 0.717) is 22.4 Å². The number of amides is 1. The molecular formula is C24H17NO3. The zero-order valence-electron chi connectivity index (χ0n) is 15.0. The number of nitrogens with one attached hydrogen (secondary N) is 1. The molecule has 0 spiro atoms. The van der Waals surface area contributed by atoms with Crippen molar-refractivity contribution in [3.8, 4) is 0 Å². The first kappa shape index (κ1) is 16.6. The minimum Gasteiger partial charge on any atom is -0.325 e. The SMILES string of the molecule is O=C1c2ccccc2C(=O)c2c(NC(=O)[C@@H]3C[C@H]3c3ccccc3)cccc21. The van der Waals surface area contributed by atoms with Crippen LogP contribution in [0.5, 0.6) is 0 Å². The van der Waals surface area contributed by atoms with Crippen molar-refractivity contribution in [1.29, 1.82) is 0 Å².